The molecule has 17 heavy (non-hydrogen) atoms. The zero-order chi connectivity index (χ0) is 12.8. The molecule has 3 N–H and O–H groups in total. The maximum absolute atomic E-state index is 13.4. The second-order valence-electron chi connectivity index (χ2n) is 3.77. The van der Waals surface area contributed by atoms with E-state index in [0.29, 0.717) is 25.1 Å². The molecule has 0 fully saturated rings. The van der Waals surface area contributed by atoms with Crippen molar-refractivity contribution in [3.63, 3.8) is 0 Å². The number of halogens is 1. The molecule has 0 atom stereocenters. The Hall–Kier alpha value is -1.62. The normalized spacial score (nSPS) is 10.3. The number of carbonyl (C=O) groups is 1. The highest BCUT2D eigenvalue weighted by molar-refractivity contribution is 5.95. The van der Waals surface area contributed by atoms with Gasteiger partial charge in [-0.25, -0.2) is 4.39 Å². The average molecular weight is 240 g/mol. The largest absolute Gasteiger partial charge is 0.398 e. The molecule has 94 valence electrons. The van der Waals surface area contributed by atoms with Gasteiger partial charge in [0.05, 0.1) is 0 Å². The summed E-state index contributed by atoms with van der Waals surface area (Å²) in [6.45, 7) is 2.64. The van der Waals surface area contributed by atoms with Crippen LogP contribution in [0.5, 0.6) is 0 Å². The molecule has 0 heterocycles. The zero-order valence-corrected chi connectivity index (χ0v) is 10.0. The molecular formula is C12H17FN2O2. The molecule has 1 rings (SSSR count). The standard InChI is InChI=1S/C12H17FN2O2/c1-8-10(13)6-9(7-11(8)14)12(16)15-4-3-5-17-2/h6-7H,3-5,14H2,1-2H3,(H,15,16). The third kappa shape index (κ3) is 3.71. The Morgan fingerprint density at radius 2 is 2.24 bits per heavy atom. The van der Waals surface area contributed by atoms with Crippen LogP contribution in [0.1, 0.15) is 22.3 Å². The molecule has 0 saturated heterocycles. The van der Waals surface area contributed by atoms with Gasteiger partial charge in [0.1, 0.15) is 5.82 Å². The molecule has 0 aliphatic heterocycles. The molecule has 0 unspecified atom stereocenters. The Kier molecular flexibility index (Phi) is 4.90. The Balaban J connectivity index is 2.63. The summed E-state index contributed by atoms with van der Waals surface area (Å²) in [7, 11) is 1.60. The van der Waals surface area contributed by atoms with Crippen molar-refractivity contribution in [3.8, 4) is 0 Å². The molecule has 0 aliphatic carbocycles. The number of hydrogen-bond acceptors (Lipinski definition) is 3. The monoisotopic (exact) mass is 240 g/mol. The predicted octanol–water partition coefficient (Wildman–Crippen LogP) is 1.48. The van der Waals surface area contributed by atoms with E-state index in [2.05, 4.69) is 5.32 Å². The molecule has 0 bridgehead atoms. The van der Waals surface area contributed by atoms with Crippen LogP contribution in [0.2, 0.25) is 0 Å². The van der Waals surface area contributed by atoms with Gasteiger partial charge in [0.25, 0.3) is 5.91 Å². The Labute approximate surface area is 100.0 Å². The molecular weight excluding hydrogens is 223 g/mol. The van der Waals surface area contributed by atoms with E-state index >= 15 is 0 Å². The number of nitrogens with one attached hydrogen (secondary N) is 1. The molecule has 0 aliphatic rings. The first-order valence-corrected chi connectivity index (χ1v) is 5.39. The first-order chi connectivity index (χ1) is 8.06. The van der Waals surface area contributed by atoms with Crippen LogP contribution in [0.15, 0.2) is 12.1 Å². The third-order valence-corrected chi connectivity index (χ3v) is 2.46. The number of methoxy groups -OCH3 is 1. The summed E-state index contributed by atoms with van der Waals surface area (Å²) < 4.78 is 18.2. The summed E-state index contributed by atoms with van der Waals surface area (Å²) in [5.41, 5.74) is 6.48. The van der Waals surface area contributed by atoms with Crippen LogP contribution in [0, 0.1) is 12.7 Å². The first kappa shape index (κ1) is 13.4. The molecule has 0 aromatic heterocycles. The molecule has 1 amide bonds. The molecule has 1 aromatic rings. The van der Waals surface area contributed by atoms with Gasteiger partial charge >= 0.3 is 0 Å². The summed E-state index contributed by atoms with van der Waals surface area (Å²) in [5.74, 6) is -0.793. The fourth-order valence-electron chi connectivity index (χ4n) is 1.35. The fraction of sp³-hybridized carbons (Fsp3) is 0.417. The van der Waals surface area contributed by atoms with Gasteiger partial charge in [-0.2, -0.15) is 0 Å². The number of rotatable bonds is 5. The molecule has 0 spiro atoms. The maximum atomic E-state index is 13.4. The van der Waals surface area contributed by atoms with E-state index < -0.39 is 5.82 Å². The van der Waals surface area contributed by atoms with Crippen LogP contribution in [-0.2, 0) is 4.74 Å². The van der Waals surface area contributed by atoms with Crippen molar-refractivity contribution < 1.29 is 13.9 Å². The number of benzene rings is 1. The highest BCUT2D eigenvalue weighted by Gasteiger charge is 2.10. The van der Waals surface area contributed by atoms with Gasteiger partial charge in [-0.15, -0.1) is 0 Å². The van der Waals surface area contributed by atoms with E-state index in [0.717, 1.165) is 0 Å². The van der Waals surface area contributed by atoms with Crippen molar-refractivity contribution in [1.29, 1.82) is 0 Å². The summed E-state index contributed by atoms with van der Waals surface area (Å²) in [5, 5.41) is 2.67. The lowest BCUT2D eigenvalue weighted by molar-refractivity contribution is 0.0948. The second-order valence-corrected chi connectivity index (χ2v) is 3.77. The van der Waals surface area contributed by atoms with E-state index in [9.17, 15) is 9.18 Å². The minimum Gasteiger partial charge on any atom is -0.398 e. The van der Waals surface area contributed by atoms with Crippen LogP contribution in [-0.4, -0.2) is 26.2 Å². The van der Waals surface area contributed by atoms with Gasteiger partial charge in [0.2, 0.25) is 0 Å². The number of nitrogen functional groups attached to an aromatic ring is 1. The smallest absolute Gasteiger partial charge is 0.251 e. The summed E-state index contributed by atoms with van der Waals surface area (Å²) in [4.78, 5) is 11.6. The molecule has 5 heteroatoms. The van der Waals surface area contributed by atoms with E-state index in [1.807, 2.05) is 0 Å². The van der Waals surface area contributed by atoms with E-state index in [1.165, 1.54) is 12.1 Å². The minimum atomic E-state index is -0.466. The maximum Gasteiger partial charge on any atom is 0.251 e. The van der Waals surface area contributed by atoms with Gasteiger partial charge in [-0.1, -0.05) is 0 Å². The van der Waals surface area contributed by atoms with Gasteiger partial charge in [-0.3, -0.25) is 4.79 Å². The Bertz CT molecular complexity index is 384. The number of ether oxygens (including phenoxy) is 1. The van der Waals surface area contributed by atoms with Crippen LogP contribution < -0.4 is 11.1 Å². The second kappa shape index (κ2) is 6.20. The molecule has 0 radical (unpaired) electrons. The van der Waals surface area contributed by atoms with Gasteiger partial charge < -0.3 is 15.8 Å². The number of hydrogen-bond donors (Lipinski definition) is 2. The zero-order valence-electron chi connectivity index (χ0n) is 10.0. The third-order valence-electron chi connectivity index (χ3n) is 2.46. The fourth-order valence-corrected chi connectivity index (χ4v) is 1.35. The number of carbonyl (C=O) groups excluding carboxylic acids is 1. The van der Waals surface area contributed by atoms with Crippen LogP contribution in [0.4, 0.5) is 10.1 Å². The Morgan fingerprint density at radius 1 is 1.53 bits per heavy atom. The molecule has 0 saturated carbocycles. The lowest BCUT2D eigenvalue weighted by Gasteiger charge is -2.07. The lowest BCUT2D eigenvalue weighted by atomic mass is 10.1. The van der Waals surface area contributed by atoms with Crippen LogP contribution in [0.25, 0.3) is 0 Å². The average Bonchev–Trinajstić information content (AvgIpc) is 2.30. The summed E-state index contributed by atoms with van der Waals surface area (Å²) >= 11 is 0. The SMILES string of the molecule is COCCCNC(=O)c1cc(N)c(C)c(F)c1. The van der Waals surface area contributed by atoms with Crippen molar-refractivity contribution in [1.82, 2.24) is 5.32 Å². The summed E-state index contributed by atoms with van der Waals surface area (Å²) in [6.07, 6.45) is 0.714. The van der Waals surface area contributed by atoms with E-state index in [1.54, 1.807) is 14.0 Å². The van der Waals surface area contributed by atoms with Gasteiger partial charge in [0.15, 0.2) is 0 Å². The molecule has 1 aromatic carbocycles. The van der Waals surface area contributed by atoms with Crippen molar-refractivity contribution in [2.75, 3.05) is 26.0 Å². The summed E-state index contributed by atoms with van der Waals surface area (Å²) in [6, 6.07) is 2.67. The van der Waals surface area contributed by atoms with Crippen molar-refractivity contribution in [2.24, 2.45) is 0 Å². The van der Waals surface area contributed by atoms with Gasteiger partial charge in [-0.05, 0) is 25.5 Å². The number of nitrogens with two attached hydrogens (primary N) is 1. The molecule has 4 nitrogen and oxygen atoms in total. The predicted molar refractivity (Wildman–Crippen MR) is 64.4 cm³/mol. The highest BCUT2D eigenvalue weighted by Crippen LogP contribution is 2.17. The highest BCUT2D eigenvalue weighted by atomic mass is 19.1. The van der Waals surface area contributed by atoms with Crippen molar-refractivity contribution in [2.45, 2.75) is 13.3 Å². The van der Waals surface area contributed by atoms with Crippen molar-refractivity contribution in [3.05, 3.63) is 29.1 Å². The first-order valence-electron chi connectivity index (χ1n) is 5.39. The van der Waals surface area contributed by atoms with Crippen molar-refractivity contribution >= 4 is 11.6 Å². The van der Waals surface area contributed by atoms with Gasteiger partial charge in [0, 0.05) is 37.1 Å². The minimum absolute atomic E-state index is 0.239. The Morgan fingerprint density at radius 3 is 2.82 bits per heavy atom. The van der Waals surface area contributed by atoms with E-state index in [-0.39, 0.29) is 17.2 Å². The number of amides is 1. The van der Waals surface area contributed by atoms with Crippen LogP contribution in [0.3, 0.4) is 0 Å². The van der Waals surface area contributed by atoms with E-state index in [4.69, 9.17) is 10.5 Å². The topological polar surface area (TPSA) is 64.3 Å². The number of anilines is 1. The quantitative estimate of drug-likeness (QED) is 0.605. The lowest BCUT2D eigenvalue weighted by Crippen LogP contribution is -2.25. The van der Waals surface area contributed by atoms with Crippen LogP contribution >= 0.6 is 0 Å².